The van der Waals surface area contributed by atoms with Gasteiger partial charge in [-0.2, -0.15) is 0 Å². The molecule has 0 unspecified atom stereocenters. The van der Waals surface area contributed by atoms with Crippen LogP contribution in [0, 0.1) is 0 Å². The zero-order valence-corrected chi connectivity index (χ0v) is 7.85. The number of hydrogen-bond acceptors (Lipinski definition) is 0. The molecule has 0 saturated heterocycles. The molecule has 0 aromatic carbocycles. The highest BCUT2D eigenvalue weighted by atomic mass is 14.0. The number of allylic oxidation sites excluding steroid dienone is 5. The Morgan fingerprint density at radius 2 is 2.00 bits per heavy atom. The third kappa shape index (κ3) is 5.65. The summed E-state index contributed by atoms with van der Waals surface area (Å²) in [6.45, 7) is 10.2. The van der Waals surface area contributed by atoms with Crippen LogP contribution >= 0.6 is 0 Å². The van der Waals surface area contributed by atoms with Crippen molar-refractivity contribution in [2.24, 2.45) is 0 Å². The molecule has 11 heavy (non-hydrogen) atoms. The first-order chi connectivity index (χ1) is 5.20. The minimum Gasteiger partial charge on any atom is -0.0955 e. The second-order valence-electron chi connectivity index (χ2n) is 2.86. The van der Waals surface area contributed by atoms with Gasteiger partial charge in [0.05, 0.1) is 0 Å². The van der Waals surface area contributed by atoms with Crippen molar-refractivity contribution < 1.29 is 0 Å². The Morgan fingerprint density at radius 1 is 1.45 bits per heavy atom. The minimum atomic E-state index is 1.03. The average Bonchev–Trinajstić information content (AvgIpc) is 1.88. The summed E-state index contributed by atoms with van der Waals surface area (Å²) >= 11 is 0. The van der Waals surface area contributed by atoms with Crippen LogP contribution in [0.4, 0.5) is 0 Å². The Labute approximate surface area is 70.3 Å². The molecule has 0 heteroatoms. The summed E-state index contributed by atoms with van der Waals surface area (Å²) in [5, 5.41) is 0. The lowest BCUT2D eigenvalue weighted by molar-refractivity contribution is 1.09. The Hall–Kier alpha value is -0.780. The largest absolute Gasteiger partial charge is 0.0955 e. The highest BCUT2D eigenvalue weighted by molar-refractivity contribution is 5.33. The molecule has 0 fully saturated rings. The fourth-order valence-corrected chi connectivity index (χ4v) is 0.825. The summed E-state index contributed by atoms with van der Waals surface area (Å²) in [4.78, 5) is 0. The van der Waals surface area contributed by atoms with Crippen LogP contribution in [-0.4, -0.2) is 0 Å². The van der Waals surface area contributed by atoms with E-state index in [-0.39, 0.29) is 0 Å². The molecular formula is C11H18. The van der Waals surface area contributed by atoms with Crippen LogP contribution in [0.5, 0.6) is 0 Å². The third-order valence-corrected chi connectivity index (χ3v) is 1.19. The van der Waals surface area contributed by atoms with E-state index in [0.717, 1.165) is 6.42 Å². The zero-order valence-electron chi connectivity index (χ0n) is 7.85. The van der Waals surface area contributed by atoms with Gasteiger partial charge in [0.1, 0.15) is 0 Å². The zero-order chi connectivity index (χ0) is 8.69. The van der Waals surface area contributed by atoms with E-state index >= 15 is 0 Å². The van der Waals surface area contributed by atoms with Gasteiger partial charge >= 0.3 is 0 Å². The van der Waals surface area contributed by atoms with Gasteiger partial charge in [0.15, 0.2) is 0 Å². The lowest BCUT2D eigenvalue weighted by Gasteiger charge is -2.01. The van der Waals surface area contributed by atoms with Crippen LogP contribution in [0.15, 0.2) is 36.0 Å². The predicted octanol–water partition coefficient (Wildman–Crippen LogP) is 3.87. The van der Waals surface area contributed by atoms with Crippen molar-refractivity contribution in [3.05, 3.63) is 36.0 Å². The summed E-state index contributed by atoms with van der Waals surface area (Å²) in [7, 11) is 0. The van der Waals surface area contributed by atoms with Crippen molar-refractivity contribution in [2.45, 2.75) is 33.6 Å². The highest BCUT2D eigenvalue weighted by Gasteiger charge is 1.91. The fourth-order valence-electron chi connectivity index (χ4n) is 0.825. The Morgan fingerprint density at radius 3 is 2.27 bits per heavy atom. The second-order valence-corrected chi connectivity index (χ2v) is 2.86. The van der Waals surface area contributed by atoms with E-state index in [4.69, 9.17) is 0 Å². The molecule has 62 valence electrons. The van der Waals surface area contributed by atoms with Crippen molar-refractivity contribution in [3.63, 3.8) is 0 Å². The van der Waals surface area contributed by atoms with E-state index in [1.54, 1.807) is 0 Å². The van der Waals surface area contributed by atoms with E-state index in [0.29, 0.717) is 0 Å². The van der Waals surface area contributed by atoms with Crippen molar-refractivity contribution in [3.8, 4) is 0 Å². The third-order valence-electron chi connectivity index (χ3n) is 1.19. The Balaban J connectivity index is 0.000000292. The maximum Gasteiger partial charge on any atom is -0.01000 e. The molecule has 0 aromatic heterocycles. The molecule has 1 rings (SSSR count). The van der Waals surface area contributed by atoms with E-state index in [1.807, 2.05) is 0 Å². The second kappa shape index (κ2) is 5.96. The molecule has 0 saturated carbocycles. The predicted molar refractivity (Wildman–Crippen MR) is 52.6 cm³/mol. The monoisotopic (exact) mass is 150 g/mol. The Kier molecular flexibility index (Phi) is 5.54. The molecule has 0 radical (unpaired) electrons. The van der Waals surface area contributed by atoms with Crippen molar-refractivity contribution in [1.82, 2.24) is 0 Å². The lowest BCUT2D eigenvalue weighted by atomic mass is 10.1. The highest BCUT2D eigenvalue weighted by Crippen LogP contribution is 2.12. The van der Waals surface area contributed by atoms with Gasteiger partial charge in [0, 0.05) is 0 Å². The summed E-state index contributed by atoms with van der Waals surface area (Å²) in [5.74, 6) is 0. The minimum absolute atomic E-state index is 1.03. The normalized spacial score (nSPS) is 15.2. The van der Waals surface area contributed by atoms with Crippen LogP contribution in [0.2, 0.25) is 0 Å². The molecule has 0 nitrogen and oxygen atoms in total. The summed E-state index contributed by atoms with van der Waals surface area (Å²) in [5.41, 5.74) is 2.52. The van der Waals surface area contributed by atoms with Crippen molar-refractivity contribution in [1.29, 1.82) is 0 Å². The Bertz CT molecular complexity index is 170. The molecule has 0 amide bonds. The van der Waals surface area contributed by atoms with Gasteiger partial charge in [-0.15, -0.1) is 0 Å². The van der Waals surface area contributed by atoms with Gasteiger partial charge in [-0.3, -0.25) is 0 Å². The molecule has 0 N–H and O–H groups in total. The van der Waals surface area contributed by atoms with Crippen LogP contribution in [0.1, 0.15) is 33.6 Å². The van der Waals surface area contributed by atoms with Crippen LogP contribution in [0.25, 0.3) is 0 Å². The van der Waals surface area contributed by atoms with Crippen LogP contribution < -0.4 is 0 Å². The lowest BCUT2D eigenvalue weighted by Crippen LogP contribution is -1.80. The van der Waals surface area contributed by atoms with Gasteiger partial charge in [-0.05, 0) is 13.3 Å². The summed E-state index contributed by atoms with van der Waals surface area (Å²) in [6.07, 6.45) is 8.64. The maximum atomic E-state index is 3.84. The number of rotatable bonds is 0. The van der Waals surface area contributed by atoms with Crippen molar-refractivity contribution >= 4 is 0 Å². The van der Waals surface area contributed by atoms with Gasteiger partial charge in [0.25, 0.3) is 0 Å². The topological polar surface area (TPSA) is 0 Å². The maximum absolute atomic E-state index is 3.84. The van der Waals surface area contributed by atoms with E-state index < -0.39 is 0 Å². The van der Waals surface area contributed by atoms with Gasteiger partial charge < -0.3 is 0 Å². The molecule has 0 bridgehead atoms. The molecule has 1 aliphatic carbocycles. The van der Waals surface area contributed by atoms with Crippen LogP contribution in [-0.2, 0) is 0 Å². The molecule has 0 aliphatic heterocycles. The first-order valence-corrected chi connectivity index (χ1v) is 4.23. The average molecular weight is 150 g/mol. The van der Waals surface area contributed by atoms with E-state index in [1.165, 1.54) is 17.6 Å². The molecule has 0 aromatic rings. The standard InChI is InChI=1S/C8H10.C3H8/c1-7-4-3-5-8(2)6-7;1-3-2/h3,5-6H,1,4H2,2H3;3H2,1-2H3. The smallest absolute Gasteiger partial charge is 0.01000 e. The quantitative estimate of drug-likeness (QED) is 0.492. The number of hydrogen-bond donors (Lipinski definition) is 0. The SMILES string of the molecule is C=C1C=C(C)C=CC1.CCC. The van der Waals surface area contributed by atoms with Crippen molar-refractivity contribution in [2.75, 3.05) is 0 Å². The summed E-state index contributed by atoms with van der Waals surface area (Å²) in [6, 6.07) is 0. The molecule has 1 aliphatic rings. The fraction of sp³-hybridized carbons (Fsp3) is 0.455. The van der Waals surface area contributed by atoms with E-state index in [2.05, 4.69) is 45.6 Å². The van der Waals surface area contributed by atoms with Crippen LogP contribution in [0.3, 0.4) is 0 Å². The molecule has 0 heterocycles. The molecule has 0 atom stereocenters. The molecular weight excluding hydrogens is 132 g/mol. The van der Waals surface area contributed by atoms with Gasteiger partial charge in [-0.25, -0.2) is 0 Å². The van der Waals surface area contributed by atoms with E-state index in [9.17, 15) is 0 Å². The molecule has 0 spiro atoms. The summed E-state index contributed by atoms with van der Waals surface area (Å²) < 4.78 is 0. The first-order valence-electron chi connectivity index (χ1n) is 4.23. The first kappa shape index (κ1) is 10.2. The van der Waals surface area contributed by atoms with Gasteiger partial charge in [-0.1, -0.05) is 56.2 Å². The van der Waals surface area contributed by atoms with Gasteiger partial charge in [0.2, 0.25) is 0 Å².